The summed E-state index contributed by atoms with van der Waals surface area (Å²) in [5.41, 5.74) is 2.80. The van der Waals surface area contributed by atoms with Gasteiger partial charge in [-0.3, -0.25) is 24.3 Å². The molecule has 0 aromatic heterocycles. The van der Waals surface area contributed by atoms with E-state index < -0.39 is 15.7 Å². The van der Waals surface area contributed by atoms with E-state index >= 15 is 0 Å². The van der Waals surface area contributed by atoms with Gasteiger partial charge in [-0.2, -0.15) is 0 Å². The van der Waals surface area contributed by atoms with Crippen molar-refractivity contribution in [3.05, 3.63) is 53.6 Å². The molecule has 190 valence electrons. The van der Waals surface area contributed by atoms with Gasteiger partial charge in [-0.25, -0.2) is 13.4 Å². The van der Waals surface area contributed by atoms with Crippen LogP contribution in [0.25, 0.3) is 0 Å². The number of carbonyl (C=O) groups excluding carboxylic acids is 3. The van der Waals surface area contributed by atoms with Crippen LogP contribution in [0.4, 0.5) is 5.69 Å². The highest BCUT2D eigenvalue weighted by molar-refractivity contribution is 7.91. The molecule has 10 heteroatoms. The van der Waals surface area contributed by atoms with Crippen LogP contribution >= 0.6 is 0 Å². The standard InChI is InChI=1S/C26H29N3O6S/c1-2-36(33,34)21-8-9-23-22(15-21)27(26(32)17-35-23)16-25(31)29-11-5-10-28(29)24(30)14-18-12-19-6-3-4-7-20(19)13-18/h3-4,6-9,15,18H,2,5,10-14,16-17H2,1H3. The molecule has 0 unspecified atom stereocenters. The Balaban J connectivity index is 1.29. The lowest BCUT2D eigenvalue weighted by Gasteiger charge is -2.33. The SMILES string of the molecule is CCS(=O)(=O)c1ccc2c(c1)N(CC(=O)N1CCCN1C(=O)CC1Cc3ccccc3C1)C(=O)CO2. The summed E-state index contributed by atoms with van der Waals surface area (Å²) < 4.78 is 30.2. The maximum Gasteiger partial charge on any atom is 0.265 e. The first kappa shape index (κ1) is 24.3. The molecule has 9 nitrogen and oxygen atoms in total. The number of ether oxygens (including phenoxy) is 1. The number of hydrogen-bond donors (Lipinski definition) is 0. The molecule has 0 bridgehead atoms. The molecule has 3 amide bonds. The van der Waals surface area contributed by atoms with Crippen molar-refractivity contribution in [1.82, 2.24) is 10.0 Å². The Morgan fingerprint density at radius 2 is 1.67 bits per heavy atom. The minimum Gasteiger partial charge on any atom is -0.482 e. The van der Waals surface area contributed by atoms with Gasteiger partial charge < -0.3 is 4.74 Å². The monoisotopic (exact) mass is 511 g/mol. The molecule has 0 radical (unpaired) electrons. The predicted molar refractivity (Wildman–Crippen MR) is 132 cm³/mol. The van der Waals surface area contributed by atoms with E-state index in [4.69, 9.17) is 4.74 Å². The summed E-state index contributed by atoms with van der Waals surface area (Å²) in [5, 5.41) is 2.94. The number of fused-ring (bicyclic) bond motifs is 2. The molecular formula is C26H29N3O6S. The highest BCUT2D eigenvalue weighted by atomic mass is 32.2. The number of benzene rings is 2. The van der Waals surface area contributed by atoms with Gasteiger partial charge in [-0.15, -0.1) is 0 Å². The van der Waals surface area contributed by atoms with Crippen molar-refractivity contribution in [2.24, 2.45) is 5.92 Å². The maximum absolute atomic E-state index is 13.3. The Morgan fingerprint density at radius 3 is 2.33 bits per heavy atom. The zero-order valence-corrected chi connectivity index (χ0v) is 21.0. The molecule has 36 heavy (non-hydrogen) atoms. The molecule has 1 saturated heterocycles. The average Bonchev–Trinajstić information content (AvgIpc) is 3.52. The first-order valence-corrected chi connectivity index (χ1v) is 13.9. The van der Waals surface area contributed by atoms with E-state index in [1.807, 2.05) is 12.1 Å². The summed E-state index contributed by atoms with van der Waals surface area (Å²) in [6.07, 6.45) is 2.72. The minimum atomic E-state index is -3.51. The number of sulfone groups is 1. The summed E-state index contributed by atoms with van der Waals surface area (Å²) in [6, 6.07) is 12.5. The Bertz CT molecular complexity index is 1300. The van der Waals surface area contributed by atoms with Crippen molar-refractivity contribution in [3.63, 3.8) is 0 Å². The highest BCUT2D eigenvalue weighted by Gasteiger charge is 2.36. The van der Waals surface area contributed by atoms with Crippen molar-refractivity contribution < 1.29 is 27.5 Å². The lowest BCUT2D eigenvalue weighted by molar-refractivity contribution is -0.157. The van der Waals surface area contributed by atoms with Crippen molar-refractivity contribution >= 4 is 33.2 Å². The van der Waals surface area contributed by atoms with Gasteiger partial charge in [-0.1, -0.05) is 31.2 Å². The fraction of sp³-hybridized carbons (Fsp3) is 0.423. The van der Waals surface area contributed by atoms with Crippen LogP contribution in [-0.2, 0) is 37.1 Å². The Morgan fingerprint density at radius 1 is 1.00 bits per heavy atom. The van der Waals surface area contributed by atoms with E-state index in [-0.39, 0.29) is 47.2 Å². The number of hydrazine groups is 1. The van der Waals surface area contributed by atoms with Crippen LogP contribution in [-0.4, -0.2) is 68.2 Å². The molecule has 1 fully saturated rings. The van der Waals surface area contributed by atoms with E-state index in [0.717, 1.165) is 12.8 Å². The third-order valence-corrected chi connectivity index (χ3v) is 8.84. The molecule has 5 rings (SSSR count). The predicted octanol–water partition coefficient (Wildman–Crippen LogP) is 1.99. The summed E-state index contributed by atoms with van der Waals surface area (Å²) in [5.74, 6) is -0.463. The van der Waals surface area contributed by atoms with E-state index in [9.17, 15) is 22.8 Å². The minimum absolute atomic E-state index is 0.0648. The molecule has 2 aromatic rings. The number of anilines is 1. The van der Waals surface area contributed by atoms with E-state index in [2.05, 4.69) is 12.1 Å². The Labute approximate surface area is 210 Å². The fourth-order valence-electron chi connectivity index (χ4n) is 5.21. The highest BCUT2D eigenvalue weighted by Crippen LogP contribution is 2.35. The third-order valence-electron chi connectivity index (χ3n) is 7.11. The van der Waals surface area contributed by atoms with Crippen LogP contribution in [0.5, 0.6) is 5.75 Å². The Kier molecular flexibility index (Phi) is 6.46. The largest absolute Gasteiger partial charge is 0.482 e. The van der Waals surface area contributed by atoms with E-state index in [1.54, 1.807) is 6.92 Å². The molecule has 0 N–H and O–H groups in total. The number of amides is 3. The van der Waals surface area contributed by atoms with Crippen molar-refractivity contribution in [2.45, 2.75) is 37.5 Å². The second kappa shape index (κ2) is 9.57. The Hall–Kier alpha value is -3.40. The van der Waals surface area contributed by atoms with Crippen LogP contribution in [0.1, 0.15) is 30.9 Å². The maximum atomic E-state index is 13.3. The van der Waals surface area contributed by atoms with Crippen molar-refractivity contribution in [2.75, 3.05) is 36.9 Å². The smallest absolute Gasteiger partial charge is 0.265 e. The number of hydrogen-bond acceptors (Lipinski definition) is 6. The van der Waals surface area contributed by atoms with Gasteiger partial charge in [0.2, 0.25) is 5.91 Å². The normalized spacial score (nSPS) is 17.7. The van der Waals surface area contributed by atoms with Crippen molar-refractivity contribution in [3.8, 4) is 5.75 Å². The molecule has 2 aromatic carbocycles. The zero-order valence-electron chi connectivity index (χ0n) is 20.2. The van der Waals surface area contributed by atoms with Gasteiger partial charge in [0.15, 0.2) is 16.4 Å². The summed E-state index contributed by atoms with van der Waals surface area (Å²) in [6.45, 7) is 1.84. The van der Waals surface area contributed by atoms with Crippen LogP contribution in [0.2, 0.25) is 0 Å². The first-order valence-electron chi connectivity index (χ1n) is 12.2. The third kappa shape index (κ3) is 4.57. The lowest BCUT2D eigenvalue weighted by atomic mass is 10.0. The second-order valence-electron chi connectivity index (χ2n) is 9.44. The first-order chi connectivity index (χ1) is 17.3. The van der Waals surface area contributed by atoms with Gasteiger partial charge in [0.05, 0.1) is 16.3 Å². The average molecular weight is 512 g/mol. The van der Waals surface area contributed by atoms with Gasteiger partial charge in [-0.05, 0) is 54.5 Å². The molecule has 2 aliphatic heterocycles. The van der Waals surface area contributed by atoms with Crippen LogP contribution < -0.4 is 9.64 Å². The summed E-state index contributed by atoms with van der Waals surface area (Å²) >= 11 is 0. The van der Waals surface area contributed by atoms with Crippen LogP contribution in [0.15, 0.2) is 47.4 Å². The lowest BCUT2D eigenvalue weighted by Crippen LogP contribution is -2.51. The molecule has 1 aliphatic carbocycles. The van der Waals surface area contributed by atoms with Gasteiger partial charge in [0.1, 0.15) is 12.3 Å². The van der Waals surface area contributed by atoms with Gasteiger partial charge in [0, 0.05) is 19.5 Å². The molecule has 0 saturated carbocycles. The fourth-order valence-corrected chi connectivity index (χ4v) is 6.11. The zero-order chi connectivity index (χ0) is 25.4. The number of carbonyl (C=O) groups is 3. The number of rotatable bonds is 6. The van der Waals surface area contributed by atoms with E-state index in [1.165, 1.54) is 44.2 Å². The topological polar surface area (TPSA) is 104 Å². The van der Waals surface area contributed by atoms with E-state index in [0.29, 0.717) is 31.7 Å². The molecular weight excluding hydrogens is 482 g/mol. The van der Waals surface area contributed by atoms with Crippen molar-refractivity contribution in [1.29, 1.82) is 0 Å². The summed E-state index contributed by atoms with van der Waals surface area (Å²) in [4.78, 5) is 40.5. The summed E-state index contributed by atoms with van der Waals surface area (Å²) in [7, 11) is -3.51. The van der Waals surface area contributed by atoms with Crippen LogP contribution in [0, 0.1) is 5.92 Å². The molecule has 0 atom stereocenters. The second-order valence-corrected chi connectivity index (χ2v) is 11.7. The van der Waals surface area contributed by atoms with Gasteiger partial charge in [0.25, 0.3) is 11.8 Å². The van der Waals surface area contributed by atoms with Crippen LogP contribution in [0.3, 0.4) is 0 Å². The molecule has 3 aliphatic rings. The number of nitrogens with zero attached hydrogens (tertiary/aromatic N) is 3. The molecule has 2 heterocycles. The molecule has 0 spiro atoms. The quantitative estimate of drug-likeness (QED) is 0.588. The van der Waals surface area contributed by atoms with Gasteiger partial charge >= 0.3 is 0 Å².